The maximum atomic E-state index is 13.6. The van der Waals surface area contributed by atoms with Crippen LogP contribution >= 0.6 is 0 Å². The summed E-state index contributed by atoms with van der Waals surface area (Å²) in [6.45, 7) is 1.32. The van der Waals surface area contributed by atoms with Crippen molar-refractivity contribution in [2.45, 2.75) is 44.3 Å². The van der Waals surface area contributed by atoms with Crippen LogP contribution in [0.4, 0.5) is 0 Å². The highest BCUT2D eigenvalue weighted by Gasteiger charge is 2.56. The number of hydrogen-bond acceptors (Lipinski definition) is 5. The molecule has 1 aliphatic carbocycles. The summed E-state index contributed by atoms with van der Waals surface area (Å²) in [7, 11) is 5.21. The minimum atomic E-state index is -0.347. The molecule has 3 heterocycles. The molecule has 4 atom stereocenters. The molecular formula is C27H35N3O4. The number of rotatable bonds is 6. The van der Waals surface area contributed by atoms with Gasteiger partial charge in [-0.2, -0.15) is 0 Å². The van der Waals surface area contributed by atoms with Crippen LogP contribution in [0.1, 0.15) is 37.4 Å². The van der Waals surface area contributed by atoms with Gasteiger partial charge in [-0.3, -0.25) is 14.5 Å². The number of aromatic nitrogens is 1. The summed E-state index contributed by atoms with van der Waals surface area (Å²) < 4.78 is 7.14. The number of hydrogen-bond donors (Lipinski definition) is 1. The average Bonchev–Trinajstić information content (AvgIpc) is 3.55. The van der Waals surface area contributed by atoms with Crippen molar-refractivity contribution in [1.82, 2.24) is 14.4 Å². The first-order chi connectivity index (χ1) is 16.4. The number of ether oxygens (including phenoxy) is 1. The smallest absolute Gasteiger partial charge is 0.258 e. The molecule has 0 radical (unpaired) electrons. The van der Waals surface area contributed by atoms with Gasteiger partial charge in [0.1, 0.15) is 5.75 Å². The van der Waals surface area contributed by atoms with Crippen LogP contribution in [0.2, 0.25) is 0 Å². The van der Waals surface area contributed by atoms with Gasteiger partial charge in [-0.05, 0) is 48.6 Å². The number of amides is 1. The van der Waals surface area contributed by atoms with E-state index >= 15 is 0 Å². The van der Waals surface area contributed by atoms with Gasteiger partial charge in [0, 0.05) is 56.9 Å². The number of aliphatic hydroxyl groups excluding tert-OH is 1. The fraction of sp³-hybridized carbons (Fsp3) is 0.556. The van der Waals surface area contributed by atoms with E-state index in [1.54, 1.807) is 26.1 Å². The SMILES string of the molecule is COc1ccc(-c2ccc3n(c2=O)C[C@H]2[C@H](CO)[C@@H](C(=O)N(C)C)N(CC4CCCC4)[C@@H]32)cc1. The first kappa shape index (κ1) is 23.1. The minimum absolute atomic E-state index is 0.00920. The van der Waals surface area contributed by atoms with E-state index in [0.29, 0.717) is 18.0 Å². The predicted molar refractivity (Wildman–Crippen MR) is 131 cm³/mol. The van der Waals surface area contributed by atoms with Crippen molar-refractivity contribution in [3.63, 3.8) is 0 Å². The highest BCUT2D eigenvalue weighted by atomic mass is 16.5. The Morgan fingerprint density at radius 3 is 2.44 bits per heavy atom. The summed E-state index contributed by atoms with van der Waals surface area (Å²) in [4.78, 5) is 30.9. The van der Waals surface area contributed by atoms with E-state index in [0.717, 1.165) is 23.6 Å². The zero-order valence-corrected chi connectivity index (χ0v) is 20.3. The number of benzene rings is 1. The van der Waals surface area contributed by atoms with Crippen molar-refractivity contribution in [2.75, 3.05) is 34.4 Å². The van der Waals surface area contributed by atoms with Crippen LogP contribution in [0, 0.1) is 17.8 Å². The third-order valence-corrected chi connectivity index (χ3v) is 8.23. The molecule has 1 N–H and O–H groups in total. The highest BCUT2D eigenvalue weighted by molar-refractivity contribution is 5.82. The zero-order chi connectivity index (χ0) is 24.0. The van der Waals surface area contributed by atoms with Crippen LogP contribution in [0.5, 0.6) is 5.75 Å². The van der Waals surface area contributed by atoms with Crippen LogP contribution in [-0.4, -0.2) is 65.8 Å². The Kier molecular flexibility index (Phi) is 6.25. The summed E-state index contributed by atoms with van der Waals surface area (Å²) in [5, 5.41) is 10.4. The summed E-state index contributed by atoms with van der Waals surface area (Å²) in [5.74, 6) is 1.22. The Morgan fingerprint density at radius 2 is 1.82 bits per heavy atom. The lowest BCUT2D eigenvalue weighted by Gasteiger charge is -2.34. The van der Waals surface area contributed by atoms with Crippen LogP contribution < -0.4 is 10.3 Å². The standard InChI is InChI=1S/C27H35N3O4/c1-28(2)27(33)25-22(16-31)21-15-29-23(24(21)30(25)14-17-6-4-5-7-17)13-12-20(26(29)32)18-8-10-19(34-3)11-9-18/h8-13,17,21-22,24-25,31H,4-7,14-16H2,1-3H3/t21-,22-,24+,25-/m0/s1. The molecule has 1 saturated carbocycles. The van der Waals surface area contributed by atoms with Crippen molar-refractivity contribution in [1.29, 1.82) is 0 Å². The maximum absolute atomic E-state index is 13.6. The first-order valence-corrected chi connectivity index (χ1v) is 12.4. The van der Waals surface area contributed by atoms with Crippen LogP contribution in [-0.2, 0) is 11.3 Å². The fourth-order valence-corrected chi connectivity index (χ4v) is 6.54. The van der Waals surface area contributed by atoms with Crippen molar-refractivity contribution in [3.05, 3.63) is 52.4 Å². The van der Waals surface area contributed by atoms with Crippen molar-refractivity contribution in [2.24, 2.45) is 17.8 Å². The molecular weight excluding hydrogens is 430 g/mol. The Balaban J connectivity index is 1.55. The van der Waals surface area contributed by atoms with Gasteiger partial charge in [-0.25, -0.2) is 0 Å². The molecule has 1 aromatic heterocycles. The van der Waals surface area contributed by atoms with Crippen LogP contribution in [0.3, 0.4) is 0 Å². The van der Waals surface area contributed by atoms with E-state index in [9.17, 15) is 14.7 Å². The third-order valence-electron chi connectivity index (χ3n) is 8.23. The Labute approximate surface area is 200 Å². The number of pyridine rings is 1. The van der Waals surface area contributed by atoms with E-state index in [-0.39, 0.29) is 42.0 Å². The molecule has 3 aliphatic rings. The molecule has 1 aromatic carbocycles. The normalized spacial score (nSPS) is 26.5. The van der Waals surface area contributed by atoms with Gasteiger partial charge in [0.25, 0.3) is 5.56 Å². The van der Waals surface area contributed by atoms with E-state index in [1.165, 1.54) is 25.7 Å². The molecule has 0 unspecified atom stereocenters. The van der Waals surface area contributed by atoms with E-state index < -0.39 is 0 Å². The van der Waals surface area contributed by atoms with Crippen LogP contribution in [0.15, 0.2) is 41.2 Å². The lowest BCUT2D eigenvalue weighted by atomic mass is 9.88. The van der Waals surface area contributed by atoms with Gasteiger partial charge < -0.3 is 19.3 Å². The monoisotopic (exact) mass is 465 g/mol. The Bertz CT molecular complexity index is 1100. The summed E-state index contributed by atoms with van der Waals surface area (Å²) in [6, 6.07) is 11.2. The highest BCUT2D eigenvalue weighted by Crippen LogP contribution is 2.50. The lowest BCUT2D eigenvalue weighted by molar-refractivity contribution is -0.136. The van der Waals surface area contributed by atoms with E-state index in [2.05, 4.69) is 11.0 Å². The van der Waals surface area contributed by atoms with Crippen LogP contribution in [0.25, 0.3) is 11.1 Å². The second kappa shape index (κ2) is 9.19. The Morgan fingerprint density at radius 1 is 1.12 bits per heavy atom. The number of aliphatic hydroxyl groups is 1. The molecule has 1 saturated heterocycles. The molecule has 0 bridgehead atoms. The fourth-order valence-electron chi connectivity index (χ4n) is 6.54. The number of likely N-dealkylation sites (tertiary alicyclic amines) is 1. The number of methoxy groups -OCH3 is 1. The number of carbonyl (C=O) groups excluding carboxylic acids is 1. The molecule has 7 heteroatoms. The average molecular weight is 466 g/mol. The molecule has 2 aromatic rings. The molecule has 5 rings (SSSR count). The molecule has 7 nitrogen and oxygen atoms in total. The minimum Gasteiger partial charge on any atom is -0.497 e. The summed E-state index contributed by atoms with van der Waals surface area (Å²) >= 11 is 0. The van der Waals surface area contributed by atoms with Gasteiger partial charge in [-0.15, -0.1) is 0 Å². The summed E-state index contributed by atoms with van der Waals surface area (Å²) in [5.41, 5.74) is 2.48. The molecule has 2 fully saturated rings. The molecule has 2 aliphatic heterocycles. The molecule has 0 spiro atoms. The lowest BCUT2D eigenvalue weighted by Crippen LogP contribution is -2.49. The van der Waals surface area contributed by atoms with Gasteiger partial charge in [0.2, 0.25) is 5.91 Å². The number of carbonyl (C=O) groups is 1. The molecule has 1 amide bonds. The van der Waals surface area contributed by atoms with Gasteiger partial charge in [0.15, 0.2) is 0 Å². The summed E-state index contributed by atoms with van der Waals surface area (Å²) in [6.07, 6.45) is 4.85. The number of nitrogens with zero attached hydrogens (tertiary/aromatic N) is 3. The van der Waals surface area contributed by atoms with Gasteiger partial charge in [0.05, 0.1) is 19.2 Å². The maximum Gasteiger partial charge on any atom is 0.258 e. The first-order valence-electron chi connectivity index (χ1n) is 12.4. The molecule has 182 valence electrons. The molecule has 34 heavy (non-hydrogen) atoms. The topological polar surface area (TPSA) is 75.0 Å². The van der Waals surface area contributed by atoms with Crippen molar-refractivity contribution >= 4 is 5.91 Å². The quantitative estimate of drug-likeness (QED) is 0.710. The van der Waals surface area contributed by atoms with Gasteiger partial charge in [-0.1, -0.05) is 25.0 Å². The second-order valence-electron chi connectivity index (χ2n) is 10.3. The largest absolute Gasteiger partial charge is 0.497 e. The Hall–Kier alpha value is -2.64. The zero-order valence-electron chi connectivity index (χ0n) is 20.3. The second-order valence-corrected chi connectivity index (χ2v) is 10.3. The van der Waals surface area contributed by atoms with Crippen molar-refractivity contribution < 1.29 is 14.6 Å². The van der Waals surface area contributed by atoms with Crippen molar-refractivity contribution in [3.8, 4) is 16.9 Å². The van der Waals surface area contributed by atoms with E-state index in [1.807, 2.05) is 34.9 Å². The van der Waals surface area contributed by atoms with Gasteiger partial charge >= 0.3 is 0 Å². The third kappa shape index (κ3) is 3.75. The predicted octanol–water partition coefficient (Wildman–Crippen LogP) is 2.77. The van der Waals surface area contributed by atoms with E-state index in [4.69, 9.17) is 4.74 Å². The number of likely N-dealkylation sites (N-methyl/N-ethyl adjacent to an activating group) is 1. The number of fused-ring (bicyclic) bond motifs is 3.